The van der Waals surface area contributed by atoms with Crippen molar-refractivity contribution in [2.75, 3.05) is 0 Å². The molecule has 0 spiro atoms. The number of oxazole rings is 1. The van der Waals surface area contributed by atoms with E-state index in [4.69, 9.17) is 9.52 Å². The predicted molar refractivity (Wildman–Crippen MR) is 63.6 cm³/mol. The minimum absolute atomic E-state index is 0.0717. The number of carboxylic acids is 1. The second kappa shape index (κ2) is 5.30. The fraction of sp³-hybridized carbons (Fsp3) is 0.167. The van der Waals surface area contributed by atoms with Gasteiger partial charge in [0.2, 0.25) is 5.89 Å². The lowest BCUT2D eigenvalue weighted by Gasteiger charge is -2.04. The molecular formula is C12H11N3O4. The van der Waals surface area contributed by atoms with Crippen molar-refractivity contribution >= 4 is 11.9 Å². The average Bonchev–Trinajstić information content (AvgIpc) is 2.81. The second-order valence-electron chi connectivity index (χ2n) is 3.75. The summed E-state index contributed by atoms with van der Waals surface area (Å²) in [6.07, 6.45) is 2.89. The topological polar surface area (TPSA) is 105 Å². The van der Waals surface area contributed by atoms with Crippen molar-refractivity contribution in [3.63, 3.8) is 0 Å². The summed E-state index contributed by atoms with van der Waals surface area (Å²) in [5, 5.41) is 11.5. The number of carbonyl (C=O) groups is 2. The number of amides is 1. The van der Waals surface area contributed by atoms with Crippen LogP contribution >= 0.6 is 0 Å². The van der Waals surface area contributed by atoms with Gasteiger partial charge in [-0.25, -0.2) is 9.78 Å². The molecule has 0 aliphatic carbocycles. The molecule has 2 aromatic rings. The molecule has 19 heavy (non-hydrogen) atoms. The number of hydrogen-bond acceptors (Lipinski definition) is 5. The molecule has 0 aromatic carbocycles. The van der Waals surface area contributed by atoms with E-state index >= 15 is 0 Å². The molecule has 0 bridgehead atoms. The standard InChI is InChI=1S/C12H11N3O4/c1-7-5-14-9(19-7)6-15-11(16)10-8(12(17)18)3-2-4-13-10/h2-5H,6H2,1H3,(H,15,16)(H,17,18). The Balaban J connectivity index is 2.10. The monoisotopic (exact) mass is 261 g/mol. The Morgan fingerprint density at radius 2 is 2.21 bits per heavy atom. The zero-order valence-corrected chi connectivity index (χ0v) is 10.1. The molecule has 1 amide bonds. The number of nitrogens with zero attached hydrogens (tertiary/aromatic N) is 2. The molecule has 0 aliphatic rings. The highest BCUT2D eigenvalue weighted by atomic mass is 16.4. The van der Waals surface area contributed by atoms with Crippen LogP contribution in [0.4, 0.5) is 0 Å². The molecule has 0 saturated heterocycles. The maximum Gasteiger partial charge on any atom is 0.338 e. The largest absolute Gasteiger partial charge is 0.478 e. The van der Waals surface area contributed by atoms with Crippen molar-refractivity contribution in [2.24, 2.45) is 0 Å². The first-order valence-electron chi connectivity index (χ1n) is 5.45. The summed E-state index contributed by atoms with van der Waals surface area (Å²) in [7, 11) is 0. The van der Waals surface area contributed by atoms with Crippen LogP contribution < -0.4 is 5.32 Å². The van der Waals surface area contributed by atoms with Gasteiger partial charge < -0.3 is 14.8 Å². The van der Waals surface area contributed by atoms with E-state index in [1.165, 1.54) is 24.5 Å². The van der Waals surface area contributed by atoms with E-state index in [-0.39, 0.29) is 17.8 Å². The van der Waals surface area contributed by atoms with Gasteiger partial charge >= 0.3 is 5.97 Å². The van der Waals surface area contributed by atoms with E-state index in [1.54, 1.807) is 6.92 Å². The van der Waals surface area contributed by atoms with Gasteiger partial charge in [-0.3, -0.25) is 9.78 Å². The molecule has 2 heterocycles. The van der Waals surface area contributed by atoms with Gasteiger partial charge in [0.25, 0.3) is 5.91 Å². The van der Waals surface area contributed by atoms with Crippen molar-refractivity contribution in [2.45, 2.75) is 13.5 Å². The third kappa shape index (κ3) is 2.95. The summed E-state index contributed by atoms with van der Waals surface area (Å²) >= 11 is 0. The number of pyridine rings is 1. The highest BCUT2D eigenvalue weighted by molar-refractivity contribution is 6.03. The first-order valence-corrected chi connectivity index (χ1v) is 5.45. The highest BCUT2D eigenvalue weighted by Gasteiger charge is 2.17. The van der Waals surface area contributed by atoms with Gasteiger partial charge in [0.1, 0.15) is 11.5 Å². The number of nitrogens with one attached hydrogen (secondary N) is 1. The number of rotatable bonds is 4. The van der Waals surface area contributed by atoms with Crippen LogP contribution in [0.2, 0.25) is 0 Å². The van der Waals surface area contributed by atoms with Gasteiger partial charge in [-0.2, -0.15) is 0 Å². The van der Waals surface area contributed by atoms with Crippen LogP contribution in [-0.2, 0) is 6.54 Å². The molecular weight excluding hydrogens is 250 g/mol. The van der Waals surface area contributed by atoms with Gasteiger partial charge in [0.15, 0.2) is 0 Å². The van der Waals surface area contributed by atoms with Gasteiger partial charge in [-0.05, 0) is 19.1 Å². The van der Waals surface area contributed by atoms with Gasteiger partial charge in [-0.1, -0.05) is 0 Å². The van der Waals surface area contributed by atoms with Crippen molar-refractivity contribution in [1.82, 2.24) is 15.3 Å². The van der Waals surface area contributed by atoms with Crippen molar-refractivity contribution in [3.05, 3.63) is 47.4 Å². The smallest absolute Gasteiger partial charge is 0.338 e. The number of hydrogen-bond donors (Lipinski definition) is 2. The van der Waals surface area contributed by atoms with E-state index in [0.29, 0.717) is 11.7 Å². The fourth-order valence-corrected chi connectivity index (χ4v) is 1.48. The summed E-state index contributed by atoms with van der Waals surface area (Å²) in [5.41, 5.74) is -0.290. The quantitative estimate of drug-likeness (QED) is 0.850. The Kier molecular flexibility index (Phi) is 3.56. The first-order chi connectivity index (χ1) is 9.08. The van der Waals surface area contributed by atoms with E-state index < -0.39 is 11.9 Å². The minimum Gasteiger partial charge on any atom is -0.478 e. The normalized spacial score (nSPS) is 10.2. The molecule has 98 valence electrons. The second-order valence-corrected chi connectivity index (χ2v) is 3.75. The van der Waals surface area contributed by atoms with Crippen LogP contribution in [0, 0.1) is 6.92 Å². The zero-order valence-electron chi connectivity index (χ0n) is 10.1. The lowest BCUT2D eigenvalue weighted by atomic mass is 10.2. The molecule has 0 fully saturated rings. The number of carbonyl (C=O) groups excluding carboxylic acids is 1. The summed E-state index contributed by atoms with van der Waals surface area (Å²) in [4.78, 5) is 30.5. The summed E-state index contributed by atoms with van der Waals surface area (Å²) in [6.45, 7) is 1.81. The first kappa shape index (κ1) is 12.7. The number of aromatic nitrogens is 2. The van der Waals surface area contributed by atoms with Crippen molar-refractivity contribution < 1.29 is 19.1 Å². The van der Waals surface area contributed by atoms with Gasteiger partial charge in [0.05, 0.1) is 18.3 Å². The third-order valence-electron chi connectivity index (χ3n) is 2.32. The molecule has 0 saturated carbocycles. The summed E-state index contributed by atoms with van der Waals surface area (Å²) in [6, 6.07) is 2.78. The van der Waals surface area contributed by atoms with Crippen molar-refractivity contribution in [1.29, 1.82) is 0 Å². The molecule has 0 aliphatic heterocycles. The third-order valence-corrected chi connectivity index (χ3v) is 2.32. The molecule has 0 unspecified atom stereocenters. The van der Waals surface area contributed by atoms with Crippen LogP contribution in [0.5, 0.6) is 0 Å². The molecule has 2 N–H and O–H groups in total. The molecule has 7 nitrogen and oxygen atoms in total. The Labute approximate surface area is 108 Å². The van der Waals surface area contributed by atoms with Crippen LogP contribution in [0.25, 0.3) is 0 Å². The lowest BCUT2D eigenvalue weighted by Crippen LogP contribution is -2.26. The Morgan fingerprint density at radius 1 is 1.42 bits per heavy atom. The van der Waals surface area contributed by atoms with Gasteiger partial charge in [-0.15, -0.1) is 0 Å². The van der Waals surface area contributed by atoms with Gasteiger partial charge in [0, 0.05) is 6.20 Å². The van der Waals surface area contributed by atoms with Crippen LogP contribution in [0.1, 0.15) is 32.5 Å². The van der Waals surface area contributed by atoms with E-state index in [2.05, 4.69) is 15.3 Å². The van der Waals surface area contributed by atoms with Crippen molar-refractivity contribution in [3.8, 4) is 0 Å². The maximum atomic E-state index is 11.8. The number of aromatic carboxylic acids is 1. The molecule has 2 rings (SSSR count). The zero-order chi connectivity index (χ0) is 13.8. The molecule has 7 heteroatoms. The Bertz CT molecular complexity index is 621. The van der Waals surface area contributed by atoms with Crippen LogP contribution in [0.15, 0.2) is 28.9 Å². The van der Waals surface area contributed by atoms with E-state index in [1.807, 2.05) is 0 Å². The van der Waals surface area contributed by atoms with E-state index in [0.717, 1.165) is 0 Å². The fourth-order valence-electron chi connectivity index (χ4n) is 1.48. The number of carboxylic acid groups (broad SMARTS) is 1. The molecule has 0 radical (unpaired) electrons. The molecule has 2 aromatic heterocycles. The highest BCUT2D eigenvalue weighted by Crippen LogP contribution is 2.06. The Hall–Kier alpha value is -2.70. The summed E-state index contributed by atoms with van der Waals surface area (Å²) < 4.78 is 5.18. The summed E-state index contributed by atoms with van der Waals surface area (Å²) in [5.74, 6) is -0.814. The molecule has 0 atom stereocenters. The number of aryl methyl sites for hydroxylation is 1. The predicted octanol–water partition coefficient (Wildman–Crippen LogP) is 1.01. The average molecular weight is 261 g/mol. The minimum atomic E-state index is -1.20. The SMILES string of the molecule is Cc1cnc(CNC(=O)c2ncccc2C(=O)O)o1. The maximum absolute atomic E-state index is 11.8. The Morgan fingerprint density at radius 3 is 2.84 bits per heavy atom. The van der Waals surface area contributed by atoms with Crippen LogP contribution in [0.3, 0.4) is 0 Å². The van der Waals surface area contributed by atoms with Crippen LogP contribution in [-0.4, -0.2) is 27.0 Å². The lowest BCUT2D eigenvalue weighted by molar-refractivity contribution is 0.0690. The van der Waals surface area contributed by atoms with E-state index in [9.17, 15) is 9.59 Å².